The number of rotatable bonds is 5. The van der Waals surface area contributed by atoms with Crippen molar-refractivity contribution < 1.29 is 9.90 Å². The van der Waals surface area contributed by atoms with Crippen LogP contribution in [-0.2, 0) is 13.0 Å². The number of carboxylic acids is 1. The van der Waals surface area contributed by atoms with E-state index < -0.39 is 5.97 Å². The van der Waals surface area contributed by atoms with Gasteiger partial charge in [0, 0.05) is 30.4 Å². The van der Waals surface area contributed by atoms with Crippen LogP contribution in [0, 0.1) is 0 Å². The summed E-state index contributed by atoms with van der Waals surface area (Å²) >= 11 is 5.84. The van der Waals surface area contributed by atoms with E-state index in [0.29, 0.717) is 11.4 Å². The molecule has 0 atom stereocenters. The fraction of sp³-hybridized carbons (Fsp3) is 0.286. The van der Waals surface area contributed by atoms with Crippen LogP contribution in [0.25, 0.3) is 0 Å². The van der Waals surface area contributed by atoms with E-state index in [2.05, 4.69) is 11.9 Å². The van der Waals surface area contributed by atoms with E-state index in [1.165, 1.54) is 6.07 Å². The zero-order chi connectivity index (χ0) is 13.8. The Kier molecular flexibility index (Phi) is 4.22. The van der Waals surface area contributed by atoms with Gasteiger partial charge in [0.25, 0.3) is 0 Å². The fourth-order valence-electron chi connectivity index (χ4n) is 2.02. The third-order valence-electron chi connectivity index (χ3n) is 2.92. The van der Waals surface area contributed by atoms with Crippen molar-refractivity contribution in [2.75, 3.05) is 0 Å². The van der Waals surface area contributed by atoms with E-state index in [1.54, 1.807) is 18.3 Å². The summed E-state index contributed by atoms with van der Waals surface area (Å²) < 4.78 is 2.04. The van der Waals surface area contributed by atoms with E-state index in [0.717, 1.165) is 24.4 Å². The second-order valence-corrected chi connectivity index (χ2v) is 4.76. The molecule has 100 valence electrons. The average molecular weight is 279 g/mol. The molecule has 19 heavy (non-hydrogen) atoms. The smallest absolute Gasteiger partial charge is 0.336 e. The Hall–Kier alpha value is -1.81. The lowest BCUT2D eigenvalue weighted by atomic mass is 10.0. The number of hydrogen-bond donors (Lipinski definition) is 1. The van der Waals surface area contributed by atoms with Crippen molar-refractivity contribution in [3.8, 4) is 0 Å². The minimum Gasteiger partial charge on any atom is -0.478 e. The van der Waals surface area contributed by atoms with Crippen molar-refractivity contribution in [3.05, 3.63) is 52.6 Å². The van der Waals surface area contributed by atoms with Crippen molar-refractivity contribution in [3.63, 3.8) is 0 Å². The largest absolute Gasteiger partial charge is 0.478 e. The van der Waals surface area contributed by atoms with Crippen LogP contribution in [0.15, 0.2) is 30.6 Å². The van der Waals surface area contributed by atoms with Gasteiger partial charge < -0.3 is 9.67 Å². The molecule has 0 fully saturated rings. The number of nitrogens with zero attached hydrogens (tertiary/aromatic N) is 2. The molecular formula is C14H15ClN2O2. The Morgan fingerprint density at radius 3 is 2.95 bits per heavy atom. The first-order valence-corrected chi connectivity index (χ1v) is 6.51. The zero-order valence-corrected chi connectivity index (χ0v) is 11.4. The van der Waals surface area contributed by atoms with Crippen LogP contribution in [0.1, 0.15) is 35.1 Å². The van der Waals surface area contributed by atoms with Gasteiger partial charge in [-0.15, -0.1) is 0 Å². The molecule has 5 heteroatoms. The quantitative estimate of drug-likeness (QED) is 0.913. The molecule has 0 bridgehead atoms. The van der Waals surface area contributed by atoms with Crippen LogP contribution in [0.2, 0.25) is 5.02 Å². The zero-order valence-electron chi connectivity index (χ0n) is 10.6. The summed E-state index contributed by atoms with van der Waals surface area (Å²) in [6.07, 6.45) is 5.15. The van der Waals surface area contributed by atoms with Crippen molar-refractivity contribution >= 4 is 17.6 Å². The van der Waals surface area contributed by atoms with Crippen molar-refractivity contribution in [2.45, 2.75) is 26.3 Å². The minimum atomic E-state index is -0.967. The first-order chi connectivity index (χ1) is 9.11. The van der Waals surface area contributed by atoms with E-state index >= 15 is 0 Å². The number of imidazole rings is 1. The molecule has 4 nitrogen and oxygen atoms in total. The van der Waals surface area contributed by atoms with Crippen LogP contribution in [-0.4, -0.2) is 20.6 Å². The molecule has 0 saturated heterocycles. The second kappa shape index (κ2) is 5.89. The third-order valence-corrected chi connectivity index (χ3v) is 3.15. The molecule has 2 aromatic rings. The molecule has 1 aromatic heterocycles. The molecule has 0 unspecified atom stereocenters. The lowest BCUT2D eigenvalue weighted by molar-refractivity contribution is 0.0696. The number of halogens is 1. The van der Waals surface area contributed by atoms with Crippen molar-refractivity contribution in [1.82, 2.24) is 9.55 Å². The van der Waals surface area contributed by atoms with E-state index in [4.69, 9.17) is 11.6 Å². The Morgan fingerprint density at radius 2 is 2.26 bits per heavy atom. The molecule has 2 rings (SSSR count). The average Bonchev–Trinajstić information content (AvgIpc) is 2.79. The van der Waals surface area contributed by atoms with Gasteiger partial charge in [-0.3, -0.25) is 0 Å². The van der Waals surface area contributed by atoms with Gasteiger partial charge in [0.05, 0.1) is 5.56 Å². The monoisotopic (exact) mass is 278 g/mol. The van der Waals surface area contributed by atoms with Gasteiger partial charge in [-0.1, -0.05) is 24.6 Å². The highest BCUT2D eigenvalue weighted by molar-refractivity contribution is 6.30. The first-order valence-electron chi connectivity index (χ1n) is 6.13. The Bertz CT molecular complexity index is 593. The predicted molar refractivity (Wildman–Crippen MR) is 73.7 cm³/mol. The van der Waals surface area contributed by atoms with Crippen LogP contribution in [0.5, 0.6) is 0 Å². The van der Waals surface area contributed by atoms with E-state index in [9.17, 15) is 9.90 Å². The number of benzene rings is 1. The van der Waals surface area contributed by atoms with Gasteiger partial charge in [-0.05, 0) is 24.1 Å². The summed E-state index contributed by atoms with van der Waals surface area (Å²) in [5.41, 5.74) is 0.957. The van der Waals surface area contributed by atoms with E-state index in [-0.39, 0.29) is 5.56 Å². The Balaban J connectivity index is 2.32. The summed E-state index contributed by atoms with van der Waals surface area (Å²) in [6.45, 7) is 2.97. The highest BCUT2D eigenvalue weighted by Gasteiger charge is 2.13. The van der Waals surface area contributed by atoms with Gasteiger partial charge >= 0.3 is 5.97 Å². The Morgan fingerprint density at radius 1 is 1.47 bits per heavy atom. The van der Waals surface area contributed by atoms with Gasteiger partial charge in [0.2, 0.25) is 0 Å². The van der Waals surface area contributed by atoms with Crippen molar-refractivity contribution in [1.29, 1.82) is 0 Å². The van der Waals surface area contributed by atoms with Crippen molar-refractivity contribution in [2.24, 2.45) is 0 Å². The molecular weight excluding hydrogens is 264 g/mol. The van der Waals surface area contributed by atoms with E-state index in [1.807, 2.05) is 10.8 Å². The molecule has 0 aliphatic heterocycles. The van der Waals surface area contributed by atoms with Crippen LogP contribution in [0.3, 0.4) is 0 Å². The second-order valence-electron chi connectivity index (χ2n) is 4.32. The maximum atomic E-state index is 11.2. The molecule has 0 saturated carbocycles. The lowest BCUT2D eigenvalue weighted by Gasteiger charge is -2.09. The lowest BCUT2D eigenvalue weighted by Crippen LogP contribution is -2.07. The summed E-state index contributed by atoms with van der Waals surface area (Å²) in [6, 6.07) is 4.93. The van der Waals surface area contributed by atoms with Gasteiger partial charge in [-0.25, -0.2) is 9.78 Å². The number of carboxylic acid groups (broad SMARTS) is 1. The van der Waals surface area contributed by atoms with Gasteiger partial charge in [0.1, 0.15) is 5.82 Å². The third kappa shape index (κ3) is 3.15. The molecule has 1 heterocycles. The van der Waals surface area contributed by atoms with Crippen LogP contribution >= 0.6 is 11.6 Å². The molecule has 0 aliphatic carbocycles. The topological polar surface area (TPSA) is 55.1 Å². The predicted octanol–water partition coefficient (Wildman–Crippen LogP) is 3.24. The number of hydrogen-bond acceptors (Lipinski definition) is 2. The summed E-state index contributed by atoms with van der Waals surface area (Å²) in [5, 5.41) is 9.63. The van der Waals surface area contributed by atoms with Gasteiger partial charge in [0.15, 0.2) is 0 Å². The Labute approximate surface area is 116 Å². The first kappa shape index (κ1) is 13.6. The summed E-state index contributed by atoms with van der Waals surface area (Å²) in [4.78, 5) is 15.5. The number of aromatic carboxylic acids is 1. The molecule has 1 aromatic carbocycles. The highest BCUT2D eigenvalue weighted by Crippen LogP contribution is 2.19. The van der Waals surface area contributed by atoms with Crippen LogP contribution < -0.4 is 0 Å². The normalized spacial score (nSPS) is 10.6. The number of aromatic nitrogens is 2. The van der Waals surface area contributed by atoms with Gasteiger partial charge in [-0.2, -0.15) is 0 Å². The highest BCUT2D eigenvalue weighted by atomic mass is 35.5. The standard InChI is InChI=1S/C14H15ClN2O2/c1-2-6-17-7-5-16-13(17)8-10-3-4-11(15)9-12(10)14(18)19/h3-5,7,9H,2,6,8H2,1H3,(H,18,19). The molecule has 1 N–H and O–H groups in total. The summed E-state index contributed by atoms with van der Waals surface area (Å²) in [7, 11) is 0. The minimum absolute atomic E-state index is 0.235. The maximum Gasteiger partial charge on any atom is 0.336 e. The molecule has 0 aliphatic rings. The molecule has 0 amide bonds. The summed E-state index contributed by atoms with van der Waals surface area (Å²) in [5.74, 6) is -0.0993. The molecule has 0 spiro atoms. The van der Waals surface area contributed by atoms with Crippen LogP contribution in [0.4, 0.5) is 0 Å². The maximum absolute atomic E-state index is 11.2. The number of carbonyl (C=O) groups is 1. The number of aryl methyl sites for hydroxylation is 1. The molecule has 0 radical (unpaired) electrons. The SMILES string of the molecule is CCCn1ccnc1Cc1ccc(Cl)cc1C(=O)O. The fourth-order valence-corrected chi connectivity index (χ4v) is 2.20.